The second-order valence-electron chi connectivity index (χ2n) is 4.64. The smallest absolute Gasteiger partial charge is 0.368 e. The molecule has 2 heterocycles. The van der Waals surface area contributed by atoms with E-state index in [2.05, 4.69) is 20.1 Å². The molecule has 4 N–H and O–H groups in total. The maximum atomic E-state index is 11.9. The lowest BCUT2D eigenvalue weighted by atomic mass is 10.1. The molecule has 0 bridgehead atoms. The van der Waals surface area contributed by atoms with Crippen molar-refractivity contribution in [2.45, 2.75) is 13.5 Å². The van der Waals surface area contributed by atoms with Gasteiger partial charge in [-0.25, -0.2) is 9.36 Å². The third-order valence-corrected chi connectivity index (χ3v) is 3.09. The minimum absolute atomic E-state index is 0.00977. The van der Waals surface area contributed by atoms with Crippen molar-refractivity contribution in [3.8, 4) is 11.4 Å². The van der Waals surface area contributed by atoms with Crippen LogP contribution in [0.3, 0.4) is 0 Å². The van der Waals surface area contributed by atoms with E-state index in [0.29, 0.717) is 5.82 Å². The highest BCUT2D eigenvalue weighted by Gasteiger charge is 2.16. The molecule has 0 unspecified atom stereocenters. The molecule has 0 spiro atoms. The van der Waals surface area contributed by atoms with E-state index in [1.807, 2.05) is 31.2 Å². The molecule has 1 aromatic carbocycles. The van der Waals surface area contributed by atoms with Crippen molar-refractivity contribution in [2.24, 2.45) is 0 Å². The lowest BCUT2D eigenvalue weighted by molar-refractivity contribution is 0.377. The van der Waals surface area contributed by atoms with E-state index in [-0.39, 0.29) is 24.3 Å². The van der Waals surface area contributed by atoms with Gasteiger partial charge in [-0.2, -0.15) is 15.0 Å². The zero-order valence-electron chi connectivity index (χ0n) is 11.7. The summed E-state index contributed by atoms with van der Waals surface area (Å²) in [6.07, 6.45) is 0. The predicted molar refractivity (Wildman–Crippen MR) is 78.7 cm³/mol. The van der Waals surface area contributed by atoms with Crippen molar-refractivity contribution >= 4 is 11.9 Å². The monoisotopic (exact) mass is 299 g/mol. The standard InChI is InChI=1S/C13H13N7O2/c1-7-4-2-3-5-8(7)10-19-22-13(21)20(10)6-9-16-11(14)18-12(15)17-9/h2-5H,6H2,1H3,(H4,14,15,16,17,18). The Balaban J connectivity index is 2.07. The second kappa shape index (κ2) is 5.28. The first kappa shape index (κ1) is 13.7. The molecule has 22 heavy (non-hydrogen) atoms. The number of rotatable bonds is 3. The zero-order valence-corrected chi connectivity index (χ0v) is 11.7. The topological polar surface area (TPSA) is 139 Å². The van der Waals surface area contributed by atoms with Crippen molar-refractivity contribution in [1.82, 2.24) is 24.7 Å². The summed E-state index contributed by atoms with van der Waals surface area (Å²) < 4.78 is 6.08. The van der Waals surface area contributed by atoms with Crippen molar-refractivity contribution in [3.63, 3.8) is 0 Å². The van der Waals surface area contributed by atoms with E-state index >= 15 is 0 Å². The number of hydrogen-bond donors (Lipinski definition) is 2. The SMILES string of the molecule is Cc1ccccc1-c1noc(=O)n1Cc1nc(N)nc(N)n1. The van der Waals surface area contributed by atoms with Gasteiger partial charge in [-0.3, -0.25) is 4.52 Å². The number of nitrogen functional groups attached to an aromatic ring is 2. The lowest BCUT2D eigenvalue weighted by Crippen LogP contribution is -2.19. The van der Waals surface area contributed by atoms with Gasteiger partial charge in [0.25, 0.3) is 0 Å². The van der Waals surface area contributed by atoms with Crippen LogP contribution in [0.25, 0.3) is 11.4 Å². The van der Waals surface area contributed by atoms with Crippen molar-refractivity contribution in [1.29, 1.82) is 0 Å². The largest absolute Gasteiger partial charge is 0.442 e. The Morgan fingerprint density at radius 3 is 2.50 bits per heavy atom. The molecule has 2 aromatic heterocycles. The van der Waals surface area contributed by atoms with Crippen LogP contribution < -0.4 is 17.2 Å². The Hall–Kier alpha value is -3.23. The molecule has 9 heteroatoms. The Morgan fingerprint density at radius 2 is 1.82 bits per heavy atom. The molecule has 9 nitrogen and oxygen atoms in total. The normalized spacial score (nSPS) is 10.8. The Bertz CT molecular complexity index is 864. The number of hydrogen-bond acceptors (Lipinski definition) is 8. The van der Waals surface area contributed by atoms with Crippen molar-refractivity contribution in [3.05, 3.63) is 46.2 Å². The van der Waals surface area contributed by atoms with Crippen LogP contribution >= 0.6 is 0 Å². The molecule has 3 aromatic rings. The van der Waals surface area contributed by atoms with Crippen molar-refractivity contribution < 1.29 is 4.52 Å². The van der Waals surface area contributed by atoms with Gasteiger partial charge in [-0.15, -0.1) is 0 Å². The first-order valence-electron chi connectivity index (χ1n) is 6.43. The fourth-order valence-electron chi connectivity index (χ4n) is 2.09. The van der Waals surface area contributed by atoms with Crippen LogP contribution in [0, 0.1) is 6.92 Å². The molecule has 0 aliphatic carbocycles. The number of anilines is 2. The molecule has 0 aliphatic rings. The molecule has 0 saturated carbocycles. The fraction of sp³-hybridized carbons (Fsp3) is 0.154. The summed E-state index contributed by atoms with van der Waals surface area (Å²) in [5, 5.41) is 3.83. The number of aryl methyl sites for hydroxylation is 1. The minimum atomic E-state index is -0.615. The second-order valence-corrected chi connectivity index (χ2v) is 4.64. The molecule has 0 saturated heterocycles. The quantitative estimate of drug-likeness (QED) is 0.699. The third-order valence-electron chi connectivity index (χ3n) is 3.09. The molecule has 0 aliphatic heterocycles. The lowest BCUT2D eigenvalue weighted by Gasteiger charge is -2.06. The summed E-state index contributed by atoms with van der Waals surface area (Å²) in [5.41, 5.74) is 12.8. The molecule has 0 radical (unpaired) electrons. The third kappa shape index (κ3) is 2.51. The summed E-state index contributed by atoms with van der Waals surface area (Å²) in [6, 6.07) is 7.51. The highest BCUT2D eigenvalue weighted by molar-refractivity contribution is 5.59. The Labute approximate surface area is 124 Å². The maximum Gasteiger partial charge on any atom is 0.442 e. The molecular formula is C13H13N7O2. The van der Waals surface area contributed by atoms with E-state index < -0.39 is 5.76 Å². The summed E-state index contributed by atoms with van der Waals surface area (Å²) in [5.74, 6) is 0.00971. The zero-order chi connectivity index (χ0) is 15.7. The molecule has 0 fully saturated rings. The van der Waals surface area contributed by atoms with Gasteiger partial charge in [-0.1, -0.05) is 29.4 Å². The van der Waals surface area contributed by atoms with Crippen LogP contribution in [0.2, 0.25) is 0 Å². The average molecular weight is 299 g/mol. The first-order valence-corrected chi connectivity index (χ1v) is 6.43. The number of nitrogens with zero attached hydrogens (tertiary/aromatic N) is 5. The van der Waals surface area contributed by atoms with Crippen LogP contribution in [0.15, 0.2) is 33.6 Å². The maximum absolute atomic E-state index is 11.9. The molecule has 0 amide bonds. The summed E-state index contributed by atoms with van der Waals surface area (Å²) in [4.78, 5) is 23.5. The molecular weight excluding hydrogens is 286 g/mol. The minimum Gasteiger partial charge on any atom is -0.368 e. The van der Waals surface area contributed by atoms with Crippen LogP contribution in [-0.2, 0) is 6.54 Å². The van der Waals surface area contributed by atoms with Gasteiger partial charge in [0.2, 0.25) is 11.9 Å². The van der Waals surface area contributed by atoms with E-state index in [9.17, 15) is 4.79 Å². The fourth-order valence-corrected chi connectivity index (χ4v) is 2.09. The number of benzene rings is 1. The van der Waals surface area contributed by atoms with Crippen LogP contribution in [0.1, 0.15) is 11.4 Å². The Morgan fingerprint density at radius 1 is 1.14 bits per heavy atom. The average Bonchev–Trinajstić information content (AvgIpc) is 2.80. The van der Waals surface area contributed by atoms with E-state index in [0.717, 1.165) is 11.1 Å². The van der Waals surface area contributed by atoms with Crippen molar-refractivity contribution in [2.75, 3.05) is 11.5 Å². The first-order chi connectivity index (χ1) is 10.5. The van der Waals surface area contributed by atoms with E-state index in [1.165, 1.54) is 4.57 Å². The van der Waals surface area contributed by atoms with Gasteiger partial charge < -0.3 is 11.5 Å². The van der Waals surface area contributed by atoms with Gasteiger partial charge >= 0.3 is 5.76 Å². The van der Waals surface area contributed by atoms with E-state index in [4.69, 9.17) is 16.0 Å². The van der Waals surface area contributed by atoms with Gasteiger partial charge in [0.1, 0.15) is 0 Å². The van der Waals surface area contributed by atoms with Gasteiger partial charge in [-0.05, 0) is 12.5 Å². The number of nitrogens with two attached hydrogens (primary N) is 2. The summed E-state index contributed by atoms with van der Waals surface area (Å²) in [7, 11) is 0. The van der Waals surface area contributed by atoms with E-state index in [1.54, 1.807) is 0 Å². The van der Waals surface area contributed by atoms with Gasteiger partial charge in [0.05, 0.1) is 6.54 Å². The van der Waals surface area contributed by atoms with Gasteiger partial charge in [0, 0.05) is 5.56 Å². The van der Waals surface area contributed by atoms with Crippen LogP contribution in [-0.4, -0.2) is 24.7 Å². The Kier molecular flexibility index (Phi) is 3.30. The number of aromatic nitrogens is 5. The van der Waals surface area contributed by atoms with Crippen LogP contribution in [0.5, 0.6) is 0 Å². The summed E-state index contributed by atoms with van der Waals surface area (Å²) >= 11 is 0. The molecule has 3 rings (SSSR count). The molecule has 112 valence electrons. The highest BCUT2D eigenvalue weighted by Crippen LogP contribution is 2.20. The van der Waals surface area contributed by atoms with Gasteiger partial charge in [0.15, 0.2) is 11.6 Å². The van der Waals surface area contributed by atoms with Crippen LogP contribution in [0.4, 0.5) is 11.9 Å². The molecule has 0 atom stereocenters. The predicted octanol–water partition coefficient (Wildman–Crippen LogP) is 0.209. The summed E-state index contributed by atoms with van der Waals surface area (Å²) in [6.45, 7) is 1.95. The highest BCUT2D eigenvalue weighted by atomic mass is 16.5.